The number of nitrogen functional groups attached to an aromatic ring is 1. The van der Waals surface area contributed by atoms with Crippen LogP contribution in [-0.2, 0) is 16.6 Å². The van der Waals surface area contributed by atoms with Gasteiger partial charge in [-0.15, -0.1) is 0 Å². The quantitative estimate of drug-likeness (QED) is 0.208. The van der Waals surface area contributed by atoms with E-state index in [9.17, 15) is 18.0 Å². The van der Waals surface area contributed by atoms with Gasteiger partial charge < -0.3 is 15.5 Å². The number of nitrogens with zero attached hydrogens (tertiary/aromatic N) is 4. The summed E-state index contributed by atoms with van der Waals surface area (Å²) in [4.78, 5) is 26.2. The molecule has 3 aromatic heterocycles. The van der Waals surface area contributed by atoms with Crippen LogP contribution in [0.4, 0.5) is 24.8 Å². The van der Waals surface area contributed by atoms with Gasteiger partial charge in [0.25, 0.3) is 0 Å². The predicted molar refractivity (Wildman–Crippen MR) is 156 cm³/mol. The summed E-state index contributed by atoms with van der Waals surface area (Å²) in [5.74, 6) is -2.41. The largest absolute Gasteiger partial charge is 0.383 e. The van der Waals surface area contributed by atoms with Crippen molar-refractivity contribution in [2.75, 3.05) is 17.6 Å². The van der Waals surface area contributed by atoms with Crippen LogP contribution >= 0.6 is 0 Å². The highest BCUT2D eigenvalue weighted by Gasteiger charge is 2.39. The van der Waals surface area contributed by atoms with E-state index in [-0.39, 0.29) is 36.2 Å². The van der Waals surface area contributed by atoms with Crippen LogP contribution in [0.1, 0.15) is 50.2 Å². The summed E-state index contributed by atoms with van der Waals surface area (Å²) in [7, 11) is 0. The molecule has 7 nitrogen and oxygen atoms in total. The van der Waals surface area contributed by atoms with Crippen LogP contribution in [0.3, 0.4) is 0 Å². The molecule has 5 rings (SSSR count). The Hall–Kier alpha value is -4.73. The third-order valence-corrected chi connectivity index (χ3v) is 6.74. The molecule has 1 aromatic carbocycles. The van der Waals surface area contributed by atoms with Gasteiger partial charge in [0.1, 0.15) is 29.0 Å². The van der Waals surface area contributed by atoms with E-state index in [0.29, 0.717) is 22.6 Å². The zero-order valence-corrected chi connectivity index (χ0v) is 23.3. The number of pyridine rings is 1. The van der Waals surface area contributed by atoms with Gasteiger partial charge in [-0.25, -0.2) is 28.1 Å². The van der Waals surface area contributed by atoms with E-state index < -0.39 is 28.4 Å². The highest BCUT2D eigenvalue weighted by atomic mass is 19.2. The summed E-state index contributed by atoms with van der Waals surface area (Å²) >= 11 is 0. The molecule has 1 aliphatic heterocycles. The van der Waals surface area contributed by atoms with Gasteiger partial charge in [-0.2, -0.15) is 0 Å². The number of benzene rings is 1. The fourth-order valence-corrected chi connectivity index (χ4v) is 4.60. The van der Waals surface area contributed by atoms with Gasteiger partial charge in [0.15, 0.2) is 23.2 Å². The zero-order valence-electron chi connectivity index (χ0n) is 23.3. The Morgan fingerprint density at radius 3 is 2.51 bits per heavy atom. The van der Waals surface area contributed by atoms with E-state index in [0.717, 1.165) is 17.7 Å². The lowest BCUT2D eigenvalue weighted by molar-refractivity contribution is -0.122. The fourth-order valence-electron chi connectivity index (χ4n) is 4.60. The lowest BCUT2D eigenvalue weighted by atomic mass is 9.78. The Bertz CT molecular complexity index is 1700. The standard InChI is InChI=1S/C29H25F3N6O.C2H6/c1-4-5-6-7-8-16-9-12-20-25(28-36-26(33)23-27(37-28)34-14-21(39)29(23,2)3)35-22(38(20)15-16)13-17-18(30)10-11-19(31)24(17)32;1-2/h4-12,15H,1,13-14H2,2-3H3,(H3,33,34,36,37);1-2H3/b6-5-,8-7+;. The van der Waals surface area contributed by atoms with E-state index in [1.165, 1.54) is 0 Å². The third kappa shape index (κ3) is 5.50. The number of nitrogens with one attached hydrogen (secondary N) is 1. The van der Waals surface area contributed by atoms with Crippen LogP contribution in [0.15, 0.2) is 61.3 Å². The topological polar surface area (TPSA) is 98.2 Å². The van der Waals surface area contributed by atoms with Crippen molar-refractivity contribution in [1.29, 1.82) is 0 Å². The first-order valence-electron chi connectivity index (χ1n) is 13.2. The van der Waals surface area contributed by atoms with E-state index in [1.807, 2.05) is 32.1 Å². The Morgan fingerprint density at radius 1 is 1.05 bits per heavy atom. The normalized spacial score (nSPS) is 14.2. The molecule has 0 saturated heterocycles. The molecule has 10 heteroatoms. The molecule has 0 spiro atoms. The van der Waals surface area contributed by atoms with Crippen molar-refractivity contribution in [2.24, 2.45) is 0 Å². The molecule has 41 heavy (non-hydrogen) atoms. The SMILES string of the molecule is C=C/C=C\C=C\c1ccc2c(-c3nc(N)c4c(n3)NCC(=O)C4(C)C)nc(Cc3c(F)ccc(F)c3F)n2c1.CC. The number of carbonyl (C=O) groups excluding carboxylic acids is 1. The number of ketones is 1. The van der Waals surface area contributed by atoms with Gasteiger partial charge >= 0.3 is 0 Å². The summed E-state index contributed by atoms with van der Waals surface area (Å²) in [5, 5.41) is 3.00. The van der Waals surface area contributed by atoms with Gasteiger partial charge in [-0.05, 0) is 37.6 Å². The smallest absolute Gasteiger partial charge is 0.184 e. The predicted octanol–water partition coefficient (Wildman–Crippen LogP) is 6.44. The molecule has 3 N–H and O–H groups in total. The monoisotopic (exact) mass is 560 g/mol. The average molecular weight is 561 g/mol. The summed E-state index contributed by atoms with van der Waals surface area (Å²) in [6.07, 6.45) is 10.3. The van der Waals surface area contributed by atoms with E-state index >= 15 is 0 Å². The van der Waals surface area contributed by atoms with Crippen LogP contribution in [0.2, 0.25) is 0 Å². The summed E-state index contributed by atoms with van der Waals surface area (Å²) in [5.41, 5.74) is 7.12. The lowest BCUT2D eigenvalue weighted by Gasteiger charge is -2.31. The van der Waals surface area contributed by atoms with Gasteiger partial charge in [0, 0.05) is 23.7 Å². The molecule has 0 bridgehead atoms. The van der Waals surface area contributed by atoms with Crippen molar-refractivity contribution in [3.05, 3.63) is 101 Å². The van der Waals surface area contributed by atoms with Crippen LogP contribution in [0, 0.1) is 17.5 Å². The van der Waals surface area contributed by atoms with Gasteiger partial charge in [-0.1, -0.05) is 56.9 Å². The number of imidazole rings is 1. The number of halogens is 3. The number of carbonyl (C=O) groups is 1. The Morgan fingerprint density at radius 2 is 1.78 bits per heavy atom. The van der Waals surface area contributed by atoms with Crippen LogP contribution in [-0.4, -0.2) is 31.7 Å². The zero-order chi connectivity index (χ0) is 29.9. The van der Waals surface area contributed by atoms with E-state index in [1.54, 1.807) is 48.7 Å². The maximum Gasteiger partial charge on any atom is 0.184 e. The number of aromatic nitrogens is 4. The Kier molecular flexibility index (Phi) is 8.41. The first-order chi connectivity index (χ1) is 19.6. The van der Waals surface area contributed by atoms with Gasteiger partial charge in [0.2, 0.25) is 0 Å². The molecule has 0 unspecified atom stereocenters. The summed E-state index contributed by atoms with van der Waals surface area (Å²) < 4.78 is 44.8. The minimum Gasteiger partial charge on any atom is -0.383 e. The molecule has 0 saturated carbocycles. The van der Waals surface area contributed by atoms with Crippen molar-refractivity contribution < 1.29 is 18.0 Å². The van der Waals surface area contributed by atoms with E-state index in [2.05, 4.69) is 26.8 Å². The number of hydrogen-bond acceptors (Lipinski definition) is 6. The van der Waals surface area contributed by atoms with Gasteiger partial charge in [-0.3, -0.25) is 4.79 Å². The van der Waals surface area contributed by atoms with E-state index in [4.69, 9.17) is 5.73 Å². The number of hydrogen-bond donors (Lipinski definition) is 2. The molecule has 0 amide bonds. The second-order valence-electron chi connectivity index (χ2n) is 9.63. The van der Waals surface area contributed by atoms with Crippen molar-refractivity contribution in [1.82, 2.24) is 19.4 Å². The minimum atomic E-state index is -1.27. The molecule has 1 aliphatic rings. The van der Waals surface area contributed by atoms with Crippen molar-refractivity contribution in [2.45, 2.75) is 39.5 Å². The van der Waals surface area contributed by atoms with Gasteiger partial charge in [0.05, 0.1) is 17.5 Å². The van der Waals surface area contributed by atoms with Crippen LogP contribution in [0.5, 0.6) is 0 Å². The number of fused-ring (bicyclic) bond motifs is 2. The maximum atomic E-state index is 14.6. The molecule has 212 valence electrons. The highest BCUT2D eigenvalue weighted by Crippen LogP contribution is 2.38. The molecular formula is C31H31F3N6O. The summed E-state index contributed by atoms with van der Waals surface area (Å²) in [6, 6.07) is 5.24. The first kappa shape index (κ1) is 29.3. The number of nitrogens with two attached hydrogens (primary N) is 1. The first-order valence-corrected chi connectivity index (χ1v) is 13.2. The number of allylic oxidation sites excluding steroid dienone is 4. The molecule has 4 aromatic rings. The lowest BCUT2D eigenvalue weighted by Crippen LogP contribution is -2.40. The molecule has 0 atom stereocenters. The average Bonchev–Trinajstić information content (AvgIpc) is 3.31. The van der Waals surface area contributed by atoms with Crippen LogP contribution < -0.4 is 11.1 Å². The molecular weight excluding hydrogens is 529 g/mol. The maximum absolute atomic E-state index is 14.6. The fraction of sp³-hybridized carbons (Fsp3) is 0.226. The number of Topliss-reactive ketones (excluding diaryl/α,β-unsaturated/α-hetero) is 1. The minimum absolute atomic E-state index is 0.0459. The van der Waals surface area contributed by atoms with Crippen molar-refractivity contribution in [3.8, 4) is 11.5 Å². The Balaban J connectivity index is 0.00000189. The third-order valence-electron chi connectivity index (χ3n) is 6.74. The summed E-state index contributed by atoms with van der Waals surface area (Å²) in [6.45, 7) is 11.2. The molecule has 0 fully saturated rings. The second kappa shape index (κ2) is 11.8. The van der Waals surface area contributed by atoms with Crippen LogP contribution in [0.25, 0.3) is 23.1 Å². The molecule has 0 radical (unpaired) electrons. The van der Waals surface area contributed by atoms with Crippen molar-refractivity contribution >= 4 is 29.0 Å². The molecule has 4 heterocycles. The Labute approximate surface area is 236 Å². The number of anilines is 2. The second-order valence-corrected chi connectivity index (χ2v) is 9.63. The highest BCUT2D eigenvalue weighted by molar-refractivity contribution is 5.98. The van der Waals surface area contributed by atoms with Crippen molar-refractivity contribution in [3.63, 3.8) is 0 Å². The molecule has 0 aliphatic carbocycles. The number of rotatable bonds is 6.